The van der Waals surface area contributed by atoms with E-state index in [9.17, 15) is 9.50 Å². The summed E-state index contributed by atoms with van der Waals surface area (Å²) in [7, 11) is 0. The van der Waals surface area contributed by atoms with Crippen molar-refractivity contribution in [2.75, 3.05) is 0 Å². The first kappa shape index (κ1) is 10.2. The molecule has 1 unspecified atom stereocenters. The number of halogens is 1. The van der Waals surface area contributed by atoms with Crippen molar-refractivity contribution < 1.29 is 9.50 Å². The Labute approximate surface area is 78.2 Å². The zero-order valence-electron chi connectivity index (χ0n) is 7.83. The first-order chi connectivity index (χ1) is 6.24. The van der Waals surface area contributed by atoms with Crippen LogP contribution in [-0.4, -0.2) is 5.11 Å². The van der Waals surface area contributed by atoms with Crippen molar-refractivity contribution in [3.8, 4) is 0 Å². The Morgan fingerprint density at radius 3 is 2.46 bits per heavy atom. The minimum atomic E-state index is -0.444. The molecule has 0 aliphatic rings. The summed E-state index contributed by atoms with van der Waals surface area (Å²) in [6.07, 6.45) is 2.37. The second kappa shape index (κ2) is 4.97. The van der Waals surface area contributed by atoms with Crippen LogP contribution in [0, 0.1) is 5.82 Å². The molecule has 1 nitrogen and oxygen atoms in total. The summed E-state index contributed by atoms with van der Waals surface area (Å²) in [4.78, 5) is 0. The van der Waals surface area contributed by atoms with Crippen molar-refractivity contribution in [3.63, 3.8) is 0 Å². The molecule has 0 heterocycles. The van der Waals surface area contributed by atoms with E-state index in [1.54, 1.807) is 12.1 Å². The van der Waals surface area contributed by atoms with Gasteiger partial charge in [0.05, 0.1) is 6.10 Å². The van der Waals surface area contributed by atoms with E-state index in [4.69, 9.17) is 0 Å². The summed E-state index contributed by atoms with van der Waals surface area (Å²) in [5.41, 5.74) is 0.801. The van der Waals surface area contributed by atoms with E-state index in [1.165, 1.54) is 12.1 Å². The molecule has 0 saturated heterocycles. The molecule has 1 aromatic carbocycles. The van der Waals surface area contributed by atoms with E-state index in [0.717, 1.165) is 24.8 Å². The average molecular weight is 182 g/mol. The number of hydrogen-bond acceptors (Lipinski definition) is 1. The third-order valence-electron chi connectivity index (χ3n) is 2.09. The highest BCUT2D eigenvalue weighted by atomic mass is 19.1. The van der Waals surface area contributed by atoms with Crippen molar-refractivity contribution in [2.24, 2.45) is 0 Å². The molecule has 0 spiro atoms. The quantitative estimate of drug-likeness (QED) is 0.758. The summed E-state index contributed by atoms with van der Waals surface area (Å²) in [6, 6.07) is 6.03. The third-order valence-corrected chi connectivity index (χ3v) is 2.09. The summed E-state index contributed by atoms with van der Waals surface area (Å²) in [6.45, 7) is 2.08. The number of aliphatic hydroxyl groups excluding tert-OH is 1. The number of benzene rings is 1. The summed E-state index contributed by atoms with van der Waals surface area (Å²) < 4.78 is 12.5. The molecule has 2 heteroatoms. The van der Waals surface area contributed by atoms with Crippen LogP contribution < -0.4 is 0 Å². The van der Waals surface area contributed by atoms with Crippen LogP contribution in [0.25, 0.3) is 0 Å². The van der Waals surface area contributed by atoms with Gasteiger partial charge in [0.15, 0.2) is 0 Å². The zero-order valence-corrected chi connectivity index (χ0v) is 7.83. The fourth-order valence-corrected chi connectivity index (χ4v) is 1.25. The van der Waals surface area contributed by atoms with E-state index in [-0.39, 0.29) is 5.82 Å². The number of aliphatic hydroxyl groups is 1. The normalized spacial score (nSPS) is 12.8. The van der Waals surface area contributed by atoms with Crippen LogP contribution in [0.2, 0.25) is 0 Å². The summed E-state index contributed by atoms with van der Waals surface area (Å²) in [5, 5.41) is 9.62. The molecule has 0 amide bonds. The van der Waals surface area contributed by atoms with E-state index in [0.29, 0.717) is 0 Å². The lowest BCUT2D eigenvalue weighted by molar-refractivity contribution is 0.164. The molecule has 0 fully saturated rings. The third kappa shape index (κ3) is 3.15. The van der Waals surface area contributed by atoms with Crippen LogP contribution >= 0.6 is 0 Å². The van der Waals surface area contributed by atoms with Crippen molar-refractivity contribution in [1.82, 2.24) is 0 Å². The van der Waals surface area contributed by atoms with Gasteiger partial charge in [0, 0.05) is 0 Å². The molecule has 1 atom stereocenters. The van der Waals surface area contributed by atoms with Crippen LogP contribution in [0.4, 0.5) is 4.39 Å². The molecule has 0 radical (unpaired) electrons. The molecule has 0 saturated carbocycles. The lowest BCUT2D eigenvalue weighted by Crippen LogP contribution is -1.96. The van der Waals surface area contributed by atoms with Crippen LogP contribution in [0.15, 0.2) is 24.3 Å². The second-order valence-corrected chi connectivity index (χ2v) is 3.21. The van der Waals surface area contributed by atoms with E-state index < -0.39 is 6.10 Å². The highest BCUT2D eigenvalue weighted by Gasteiger charge is 2.05. The van der Waals surface area contributed by atoms with Gasteiger partial charge in [-0.2, -0.15) is 0 Å². The minimum Gasteiger partial charge on any atom is -0.388 e. The van der Waals surface area contributed by atoms with E-state index >= 15 is 0 Å². The van der Waals surface area contributed by atoms with Gasteiger partial charge in [-0.25, -0.2) is 4.39 Å². The number of unbranched alkanes of at least 4 members (excludes halogenated alkanes) is 1. The van der Waals surface area contributed by atoms with Crippen molar-refractivity contribution >= 4 is 0 Å². The molecule has 1 N–H and O–H groups in total. The van der Waals surface area contributed by atoms with Gasteiger partial charge < -0.3 is 5.11 Å². The Morgan fingerprint density at radius 2 is 1.92 bits per heavy atom. The van der Waals surface area contributed by atoms with Gasteiger partial charge in [-0.3, -0.25) is 0 Å². The molecule has 1 rings (SSSR count). The largest absolute Gasteiger partial charge is 0.388 e. The lowest BCUT2D eigenvalue weighted by atomic mass is 10.0. The zero-order chi connectivity index (χ0) is 9.68. The molecule has 13 heavy (non-hydrogen) atoms. The Morgan fingerprint density at radius 1 is 1.31 bits per heavy atom. The first-order valence-electron chi connectivity index (χ1n) is 4.67. The Bertz CT molecular complexity index is 243. The van der Waals surface area contributed by atoms with Crippen LogP contribution in [0.5, 0.6) is 0 Å². The van der Waals surface area contributed by atoms with Crippen LogP contribution in [0.1, 0.15) is 37.9 Å². The molecular formula is C11H15FO. The lowest BCUT2D eigenvalue weighted by Gasteiger charge is -2.09. The fourth-order valence-electron chi connectivity index (χ4n) is 1.25. The van der Waals surface area contributed by atoms with Crippen molar-refractivity contribution in [2.45, 2.75) is 32.3 Å². The molecule has 72 valence electrons. The van der Waals surface area contributed by atoms with Gasteiger partial charge in [-0.15, -0.1) is 0 Å². The van der Waals surface area contributed by atoms with Gasteiger partial charge in [0.25, 0.3) is 0 Å². The van der Waals surface area contributed by atoms with E-state index in [2.05, 4.69) is 6.92 Å². The van der Waals surface area contributed by atoms with Crippen LogP contribution in [-0.2, 0) is 0 Å². The molecular weight excluding hydrogens is 167 g/mol. The smallest absolute Gasteiger partial charge is 0.123 e. The molecule has 0 aliphatic heterocycles. The average Bonchev–Trinajstić information content (AvgIpc) is 2.15. The maximum absolute atomic E-state index is 12.5. The molecule has 0 aromatic heterocycles. The predicted molar refractivity (Wildman–Crippen MR) is 50.9 cm³/mol. The monoisotopic (exact) mass is 182 g/mol. The maximum Gasteiger partial charge on any atom is 0.123 e. The first-order valence-corrected chi connectivity index (χ1v) is 4.67. The molecule has 0 bridgehead atoms. The second-order valence-electron chi connectivity index (χ2n) is 3.21. The minimum absolute atomic E-state index is 0.258. The van der Waals surface area contributed by atoms with Gasteiger partial charge in [0.2, 0.25) is 0 Å². The van der Waals surface area contributed by atoms with Crippen LogP contribution in [0.3, 0.4) is 0 Å². The van der Waals surface area contributed by atoms with Crippen molar-refractivity contribution in [1.29, 1.82) is 0 Å². The Kier molecular flexibility index (Phi) is 3.90. The number of rotatable bonds is 4. The highest BCUT2D eigenvalue weighted by molar-refractivity contribution is 5.18. The molecule has 1 aromatic rings. The van der Waals surface area contributed by atoms with Gasteiger partial charge in [0.1, 0.15) is 5.82 Å². The highest BCUT2D eigenvalue weighted by Crippen LogP contribution is 2.18. The summed E-state index contributed by atoms with van der Waals surface area (Å²) >= 11 is 0. The van der Waals surface area contributed by atoms with Gasteiger partial charge in [-0.05, 0) is 24.1 Å². The van der Waals surface area contributed by atoms with Crippen molar-refractivity contribution in [3.05, 3.63) is 35.6 Å². The number of hydrogen-bond donors (Lipinski definition) is 1. The SMILES string of the molecule is CCCCC(O)c1ccc(F)cc1. The topological polar surface area (TPSA) is 20.2 Å². The Balaban J connectivity index is 2.55. The summed E-state index contributed by atoms with van der Waals surface area (Å²) in [5.74, 6) is -0.258. The van der Waals surface area contributed by atoms with E-state index in [1.807, 2.05) is 0 Å². The predicted octanol–water partition coefficient (Wildman–Crippen LogP) is 3.05. The standard InChI is InChI=1S/C11H15FO/c1-2-3-4-11(13)9-5-7-10(12)8-6-9/h5-8,11,13H,2-4H2,1H3. The Hall–Kier alpha value is -0.890. The van der Waals surface area contributed by atoms with Gasteiger partial charge in [-0.1, -0.05) is 31.9 Å². The fraction of sp³-hybridized carbons (Fsp3) is 0.455. The molecule has 0 aliphatic carbocycles. The van der Waals surface area contributed by atoms with Gasteiger partial charge >= 0.3 is 0 Å². The maximum atomic E-state index is 12.5.